The number of nitrogens with zero attached hydrogens (tertiary/aromatic N) is 1. The fourth-order valence-corrected chi connectivity index (χ4v) is 3.86. The predicted molar refractivity (Wildman–Crippen MR) is 106 cm³/mol. The van der Waals surface area contributed by atoms with Crippen molar-refractivity contribution >= 4 is 17.4 Å². The summed E-state index contributed by atoms with van der Waals surface area (Å²) in [4.78, 5) is 26.8. The van der Waals surface area contributed by atoms with Crippen LogP contribution in [0.2, 0.25) is 0 Å². The van der Waals surface area contributed by atoms with Crippen molar-refractivity contribution in [3.05, 3.63) is 65.2 Å². The summed E-state index contributed by atoms with van der Waals surface area (Å²) in [5.74, 6) is 0.124. The highest BCUT2D eigenvalue weighted by atomic mass is 16.2. The van der Waals surface area contributed by atoms with Crippen molar-refractivity contribution in [1.29, 1.82) is 0 Å². The fraction of sp³-hybridized carbons (Fsp3) is 0.364. The first-order valence-corrected chi connectivity index (χ1v) is 9.73. The number of carbonyl (C=O) groups is 2. The van der Waals surface area contributed by atoms with Crippen molar-refractivity contribution in [2.45, 2.75) is 31.8 Å². The van der Waals surface area contributed by atoms with Crippen molar-refractivity contribution < 1.29 is 9.59 Å². The number of benzene rings is 2. The molecule has 4 rings (SSSR count). The molecule has 0 aliphatic carbocycles. The van der Waals surface area contributed by atoms with Crippen molar-refractivity contribution in [2.75, 3.05) is 25.0 Å². The third kappa shape index (κ3) is 4.03. The smallest absolute Gasteiger partial charge is 0.253 e. The number of rotatable bonds is 6. The van der Waals surface area contributed by atoms with E-state index < -0.39 is 0 Å². The van der Waals surface area contributed by atoms with E-state index in [1.54, 1.807) is 0 Å². The second-order valence-electron chi connectivity index (χ2n) is 7.29. The lowest BCUT2D eigenvalue weighted by Gasteiger charge is -2.25. The monoisotopic (exact) mass is 363 g/mol. The van der Waals surface area contributed by atoms with Crippen LogP contribution in [0, 0.1) is 0 Å². The Kier molecular flexibility index (Phi) is 5.21. The number of hydrogen-bond acceptors (Lipinski definition) is 4. The molecule has 1 unspecified atom stereocenters. The first-order chi connectivity index (χ1) is 13.2. The van der Waals surface area contributed by atoms with Crippen LogP contribution in [-0.4, -0.2) is 36.2 Å². The molecular formula is C22H25N3O2. The van der Waals surface area contributed by atoms with Crippen LogP contribution in [0.4, 0.5) is 5.69 Å². The van der Waals surface area contributed by atoms with Gasteiger partial charge in [-0.15, -0.1) is 0 Å². The van der Waals surface area contributed by atoms with Crippen molar-refractivity contribution in [1.82, 2.24) is 10.2 Å². The summed E-state index contributed by atoms with van der Waals surface area (Å²) < 4.78 is 0. The molecule has 0 aromatic heterocycles. The molecule has 1 amide bonds. The van der Waals surface area contributed by atoms with Crippen molar-refractivity contribution in [3.8, 4) is 0 Å². The molecule has 2 N–H and O–H groups in total. The number of Topliss-reactive ketones (excluding diaryl/α,β-unsaturated/α-hetero) is 1. The summed E-state index contributed by atoms with van der Waals surface area (Å²) in [7, 11) is 0. The van der Waals surface area contributed by atoms with Gasteiger partial charge in [0.25, 0.3) is 5.91 Å². The molecule has 1 atom stereocenters. The molecule has 2 aromatic carbocycles. The zero-order valence-corrected chi connectivity index (χ0v) is 15.4. The average molecular weight is 363 g/mol. The molecule has 140 valence electrons. The lowest BCUT2D eigenvalue weighted by Crippen LogP contribution is -2.31. The standard InChI is InChI=1S/C22H25N3O2/c26-20(12-15-25-13-4-1-5-14-25)16-8-10-17(11-9-16)23-21-18-6-2-3-7-19(18)22(27)24-21/h2-3,6-11,21,23H,1,4-5,12-15H2,(H,24,27). The molecule has 2 heterocycles. The molecule has 0 radical (unpaired) electrons. The molecule has 0 spiro atoms. The van der Waals surface area contributed by atoms with E-state index in [0.29, 0.717) is 12.0 Å². The van der Waals surface area contributed by atoms with Gasteiger partial charge in [-0.2, -0.15) is 0 Å². The van der Waals surface area contributed by atoms with Crippen molar-refractivity contribution in [2.24, 2.45) is 0 Å². The minimum Gasteiger partial charge on any atom is -0.362 e. The van der Waals surface area contributed by atoms with E-state index in [2.05, 4.69) is 15.5 Å². The number of anilines is 1. The van der Waals surface area contributed by atoms with E-state index in [9.17, 15) is 9.59 Å². The molecule has 2 aliphatic rings. The lowest BCUT2D eigenvalue weighted by molar-refractivity contribution is 0.0951. The number of piperidine rings is 1. The van der Waals surface area contributed by atoms with Gasteiger partial charge in [-0.05, 0) is 56.3 Å². The van der Waals surface area contributed by atoms with Crippen LogP contribution in [0.3, 0.4) is 0 Å². The molecule has 5 nitrogen and oxygen atoms in total. The summed E-state index contributed by atoms with van der Waals surface area (Å²) in [6.07, 6.45) is 4.13. The Balaban J connectivity index is 1.35. The van der Waals surface area contributed by atoms with Crippen molar-refractivity contribution in [3.63, 3.8) is 0 Å². The molecule has 1 fully saturated rings. The zero-order valence-electron chi connectivity index (χ0n) is 15.4. The highest BCUT2D eigenvalue weighted by Crippen LogP contribution is 2.26. The Labute approximate surface area is 159 Å². The van der Waals surface area contributed by atoms with Crippen LogP contribution in [0.5, 0.6) is 0 Å². The van der Waals surface area contributed by atoms with Gasteiger partial charge in [0.05, 0.1) is 0 Å². The van der Waals surface area contributed by atoms with Gasteiger partial charge in [0.2, 0.25) is 0 Å². The van der Waals surface area contributed by atoms with Gasteiger partial charge in [0.15, 0.2) is 5.78 Å². The van der Waals surface area contributed by atoms with Crippen LogP contribution in [0.1, 0.15) is 58.1 Å². The second-order valence-corrected chi connectivity index (χ2v) is 7.29. The highest BCUT2D eigenvalue weighted by Gasteiger charge is 2.27. The summed E-state index contributed by atoms with van der Waals surface area (Å²) in [5, 5.41) is 6.27. The number of ketones is 1. The highest BCUT2D eigenvalue weighted by molar-refractivity contribution is 5.99. The Morgan fingerprint density at radius 1 is 1.04 bits per heavy atom. The third-order valence-corrected chi connectivity index (χ3v) is 5.41. The number of fused-ring (bicyclic) bond motifs is 1. The second kappa shape index (κ2) is 7.92. The predicted octanol–water partition coefficient (Wildman–Crippen LogP) is 3.60. The summed E-state index contributed by atoms with van der Waals surface area (Å²) in [5.41, 5.74) is 3.28. The first-order valence-electron chi connectivity index (χ1n) is 9.73. The molecule has 0 bridgehead atoms. The first kappa shape index (κ1) is 17.7. The largest absolute Gasteiger partial charge is 0.362 e. The number of likely N-dealkylation sites (tertiary alicyclic amines) is 1. The zero-order chi connectivity index (χ0) is 18.6. The summed E-state index contributed by atoms with van der Waals surface area (Å²) >= 11 is 0. The van der Waals surface area contributed by atoms with Gasteiger partial charge in [0.1, 0.15) is 6.17 Å². The van der Waals surface area contributed by atoms with Gasteiger partial charge in [-0.25, -0.2) is 0 Å². The molecule has 0 saturated carbocycles. The number of carbonyl (C=O) groups excluding carboxylic acids is 2. The molecule has 5 heteroatoms. The maximum Gasteiger partial charge on any atom is 0.253 e. The van der Waals surface area contributed by atoms with E-state index in [1.807, 2.05) is 48.5 Å². The Morgan fingerprint density at radius 3 is 2.56 bits per heavy atom. The van der Waals surface area contributed by atoms with Crippen LogP contribution in [0.25, 0.3) is 0 Å². The molecule has 2 aromatic rings. The van der Waals surface area contributed by atoms with E-state index in [4.69, 9.17) is 0 Å². The topological polar surface area (TPSA) is 61.4 Å². The van der Waals surface area contributed by atoms with Gasteiger partial charge in [0, 0.05) is 35.3 Å². The maximum absolute atomic E-state index is 12.4. The summed E-state index contributed by atoms with van der Waals surface area (Å²) in [6, 6.07) is 15.1. The molecule has 2 aliphatic heterocycles. The SMILES string of the molecule is O=C(CCN1CCCCC1)c1ccc(NC2NC(=O)c3ccccc32)cc1. The van der Waals surface area contributed by atoms with Gasteiger partial charge in [-0.3, -0.25) is 9.59 Å². The lowest BCUT2D eigenvalue weighted by atomic mass is 10.1. The van der Waals surface area contributed by atoms with Crippen LogP contribution < -0.4 is 10.6 Å². The minimum absolute atomic E-state index is 0.0624. The molecular weight excluding hydrogens is 338 g/mol. The Bertz CT molecular complexity index is 826. The average Bonchev–Trinajstić information content (AvgIpc) is 3.03. The molecule has 1 saturated heterocycles. The number of nitrogens with one attached hydrogen (secondary N) is 2. The fourth-order valence-electron chi connectivity index (χ4n) is 3.86. The third-order valence-electron chi connectivity index (χ3n) is 5.41. The number of hydrogen-bond donors (Lipinski definition) is 2. The maximum atomic E-state index is 12.4. The normalized spacial score (nSPS) is 19.4. The minimum atomic E-state index is -0.241. The van der Waals surface area contributed by atoms with E-state index >= 15 is 0 Å². The number of amides is 1. The van der Waals surface area contributed by atoms with Crippen LogP contribution in [0.15, 0.2) is 48.5 Å². The van der Waals surface area contributed by atoms with E-state index in [1.165, 1.54) is 19.3 Å². The summed E-state index contributed by atoms with van der Waals surface area (Å²) in [6.45, 7) is 3.08. The van der Waals surface area contributed by atoms with Crippen LogP contribution >= 0.6 is 0 Å². The van der Waals surface area contributed by atoms with E-state index in [-0.39, 0.29) is 17.9 Å². The van der Waals surface area contributed by atoms with Gasteiger partial charge >= 0.3 is 0 Å². The van der Waals surface area contributed by atoms with Crippen LogP contribution in [-0.2, 0) is 0 Å². The molecule has 27 heavy (non-hydrogen) atoms. The quantitative estimate of drug-likeness (QED) is 0.770. The Morgan fingerprint density at radius 2 is 1.78 bits per heavy atom. The van der Waals surface area contributed by atoms with Gasteiger partial charge in [-0.1, -0.05) is 24.6 Å². The van der Waals surface area contributed by atoms with E-state index in [0.717, 1.165) is 36.4 Å². The van der Waals surface area contributed by atoms with Gasteiger partial charge < -0.3 is 15.5 Å². The Hall–Kier alpha value is -2.66.